The minimum atomic E-state index is 0.449. The van der Waals surface area contributed by atoms with E-state index >= 15 is 0 Å². The summed E-state index contributed by atoms with van der Waals surface area (Å²) in [6.07, 6.45) is 6.90. The summed E-state index contributed by atoms with van der Waals surface area (Å²) in [6.45, 7) is 3.53. The van der Waals surface area contributed by atoms with E-state index in [1.807, 2.05) is 6.20 Å². The molecule has 0 spiro atoms. The van der Waals surface area contributed by atoms with E-state index in [2.05, 4.69) is 36.1 Å². The predicted molar refractivity (Wildman–Crippen MR) is 102 cm³/mol. The molecule has 134 valence electrons. The van der Waals surface area contributed by atoms with Crippen molar-refractivity contribution < 1.29 is 4.74 Å². The fraction of sp³-hybridized carbons (Fsp3) is 0.588. The van der Waals surface area contributed by atoms with E-state index in [1.54, 1.807) is 13.4 Å². The van der Waals surface area contributed by atoms with Crippen molar-refractivity contribution >= 4 is 34.2 Å². The third kappa shape index (κ3) is 3.16. The lowest BCUT2D eigenvalue weighted by Gasteiger charge is -2.43. The average molecular weight is 360 g/mol. The van der Waals surface area contributed by atoms with Crippen LogP contribution in [0.15, 0.2) is 18.6 Å². The molecule has 0 aromatic carbocycles. The largest absolute Gasteiger partial charge is 0.385 e. The smallest absolute Gasteiger partial charge is 0.169 e. The van der Waals surface area contributed by atoms with E-state index in [9.17, 15) is 0 Å². The van der Waals surface area contributed by atoms with Crippen LogP contribution in [0, 0.1) is 0 Å². The van der Waals surface area contributed by atoms with Gasteiger partial charge >= 0.3 is 0 Å². The first-order valence-corrected chi connectivity index (χ1v) is 9.27. The SMILES string of the molecule is COCCCNC(=S)N1[C@@H]2CC[C@H]1CN(c1ncnc3[nH]ccc13)C2. The number of hydrogen-bond acceptors (Lipinski definition) is 5. The van der Waals surface area contributed by atoms with Crippen molar-refractivity contribution in [3.05, 3.63) is 18.6 Å². The van der Waals surface area contributed by atoms with Crippen LogP contribution >= 0.6 is 12.2 Å². The minimum Gasteiger partial charge on any atom is -0.385 e. The number of H-pyrrole nitrogens is 1. The first-order chi connectivity index (χ1) is 12.3. The molecule has 4 rings (SSSR count). The van der Waals surface area contributed by atoms with Gasteiger partial charge in [0.2, 0.25) is 0 Å². The molecular formula is C17H24N6OS. The van der Waals surface area contributed by atoms with E-state index in [4.69, 9.17) is 17.0 Å². The molecule has 25 heavy (non-hydrogen) atoms. The Bertz CT molecular complexity index is 736. The summed E-state index contributed by atoms with van der Waals surface area (Å²) in [7, 11) is 1.73. The maximum absolute atomic E-state index is 5.66. The topological polar surface area (TPSA) is 69.3 Å². The fourth-order valence-electron chi connectivity index (χ4n) is 4.02. The van der Waals surface area contributed by atoms with Gasteiger partial charge in [-0.15, -0.1) is 0 Å². The molecule has 7 nitrogen and oxygen atoms in total. The highest BCUT2D eigenvalue weighted by molar-refractivity contribution is 7.80. The van der Waals surface area contributed by atoms with Crippen LogP contribution in [0.5, 0.6) is 0 Å². The molecule has 0 saturated carbocycles. The van der Waals surface area contributed by atoms with Crippen molar-refractivity contribution in [1.29, 1.82) is 0 Å². The van der Waals surface area contributed by atoms with Crippen LogP contribution in [0.3, 0.4) is 0 Å². The number of rotatable bonds is 5. The monoisotopic (exact) mass is 360 g/mol. The second kappa shape index (κ2) is 7.13. The van der Waals surface area contributed by atoms with Gasteiger partial charge in [-0.05, 0) is 37.5 Å². The summed E-state index contributed by atoms with van der Waals surface area (Å²) in [5.41, 5.74) is 0.898. The van der Waals surface area contributed by atoms with Crippen LogP contribution < -0.4 is 10.2 Å². The number of piperazine rings is 1. The normalized spacial score (nSPS) is 22.6. The lowest BCUT2D eigenvalue weighted by Crippen LogP contribution is -2.58. The standard InChI is InChI=1S/C17H24N6OS/c1-24-8-2-6-19-17(25)23-12-3-4-13(23)10-22(9-12)16-14-5-7-18-15(14)20-11-21-16/h5,7,11-13H,2-4,6,8-10H2,1H3,(H,19,25)(H,18,20,21)/t12-,13+. The number of anilines is 1. The van der Waals surface area contributed by atoms with Crippen molar-refractivity contribution in [3.8, 4) is 0 Å². The second-order valence-electron chi connectivity index (χ2n) is 6.71. The molecule has 0 aliphatic carbocycles. The molecule has 2 atom stereocenters. The van der Waals surface area contributed by atoms with Crippen molar-refractivity contribution in [2.45, 2.75) is 31.3 Å². The lowest BCUT2D eigenvalue weighted by atomic mass is 10.2. The second-order valence-corrected chi connectivity index (χ2v) is 7.10. The Morgan fingerprint density at radius 3 is 2.92 bits per heavy atom. The molecule has 0 unspecified atom stereocenters. The Labute approximate surface area is 152 Å². The summed E-state index contributed by atoms with van der Waals surface area (Å²) in [5.74, 6) is 1.03. The van der Waals surface area contributed by atoms with E-state index < -0.39 is 0 Å². The van der Waals surface area contributed by atoms with Crippen molar-refractivity contribution in [2.75, 3.05) is 38.3 Å². The Morgan fingerprint density at radius 2 is 2.16 bits per heavy atom. The number of nitrogens with one attached hydrogen (secondary N) is 2. The number of hydrogen-bond donors (Lipinski definition) is 2. The maximum Gasteiger partial charge on any atom is 0.169 e. The van der Waals surface area contributed by atoms with Crippen molar-refractivity contribution in [2.24, 2.45) is 0 Å². The zero-order valence-corrected chi connectivity index (χ0v) is 15.3. The molecule has 8 heteroatoms. The predicted octanol–water partition coefficient (Wildman–Crippen LogP) is 1.52. The number of fused-ring (bicyclic) bond motifs is 3. The molecule has 2 N–H and O–H groups in total. The minimum absolute atomic E-state index is 0.449. The molecule has 0 amide bonds. The quantitative estimate of drug-likeness (QED) is 0.619. The van der Waals surface area contributed by atoms with Gasteiger partial charge in [0.15, 0.2) is 5.11 Å². The third-order valence-electron chi connectivity index (χ3n) is 5.15. The number of ether oxygens (including phenoxy) is 1. The van der Waals surface area contributed by atoms with Gasteiger partial charge in [-0.2, -0.15) is 0 Å². The number of methoxy groups -OCH3 is 1. The number of aromatic amines is 1. The first kappa shape index (κ1) is 16.5. The Morgan fingerprint density at radius 1 is 1.36 bits per heavy atom. The zero-order chi connectivity index (χ0) is 17.2. The maximum atomic E-state index is 5.66. The molecule has 2 saturated heterocycles. The summed E-state index contributed by atoms with van der Waals surface area (Å²) >= 11 is 5.66. The van der Waals surface area contributed by atoms with Crippen LogP contribution in [0.25, 0.3) is 11.0 Å². The molecule has 4 heterocycles. The van der Waals surface area contributed by atoms with E-state index in [0.29, 0.717) is 12.1 Å². The van der Waals surface area contributed by atoms with E-state index in [-0.39, 0.29) is 0 Å². The Kier molecular flexibility index (Phi) is 4.72. The lowest BCUT2D eigenvalue weighted by molar-refractivity contribution is 0.195. The summed E-state index contributed by atoms with van der Waals surface area (Å²) in [6, 6.07) is 2.95. The highest BCUT2D eigenvalue weighted by Crippen LogP contribution is 2.34. The number of aromatic nitrogens is 3. The van der Waals surface area contributed by atoms with Crippen LogP contribution in [0.2, 0.25) is 0 Å². The van der Waals surface area contributed by atoms with E-state index in [1.165, 1.54) is 12.8 Å². The van der Waals surface area contributed by atoms with Gasteiger partial charge in [0.25, 0.3) is 0 Å². The third-order valence-corrected chi connectivity index (χ3v) is 5.51. The van der Waals surface area contributed by atoms with Gasteiger partial charge in [0, 0.05) is 51.6 Å². The van der Waals surface area contributed by atoms with Crippen molar-refractivity contribution in [3.63, 3.8) is 0 Å². The summed E-state index contributed by atoms with van der Waals surface area (Å²) in [5, 5.41) is 5.38. The van der Waals surface area contributed by atoms with Gasteiger partial charge < -0.3 is 24.8 Å². The molecule has 2 fully saturated rings. The van der Waals surface area contributed by atoms with Crippen LogP contribution in [-0.4, -0.2) is 70.4 Å². The molecular weight excluding hydrogens is 336 g/mol. The molecule has 2 aliphatic rings. The van der Waals surface area contributed by atoms with Gasteiger partial charge in [0.05, 0.1) is 5.39 Å². The molecule has 2 aromatic heterocycles. The van der Waals surface area contributed by atoms with Gasteiger partial charge in [-0.25, -0.2) is 9.97 Å². The highest BCUT2D eigenvalue weighted by atomic mass is 32.1. The number of nitrogens with zero attached hydrogens (tertiary/aromatic N) is 4. The summed E-state index contributed by atoms with van der Waals surface area (Å²) in [4.78, 5) is 16.8. The molecule has 2 aromatic rings. The van der Waals surface area contributed by atoms with Crippen molar-refractivity contribution in [1.82, 2.24) is 25.2 Å². The zero-order valence-electron chi connectivity index (χ0n) is 14.4. The average Bonchev–Trinajstić information content (AvgIpc) is 3.20. The highest BCUT2D eigenvalue weighted by Gasteiger charge is 2.41. The number of thiocarbonyl (C=S) groups is 1. The Hall–Kier alpha value is -1.93. The van der Waals surface area contributed by atoms with Crippen LogP contribution in [0.4, 0.5) is 5.82 Å². The van der Waals surface area contributed by atoms with E-state index in [0.717, 1.165) is 54.6 Å². The van der Waals surface area contributed by atoms with Gasteiger partial charge in [-0.1, -0.05) is 0 Å². The Balaban J connectivity index is 1.45. The molecule has 2 aliphatic heterocycles. The van der Waals surface area contributed by atoms with Crippen LogP contribution in [0.1, 0.15) is 19.3 Å². The summed E-state index contributed by atoms with van der Waals surface area (Å²) < 4.78 is 5.10. The van der Waals surface area contributed by atoms with Gasteiger partial charge in [-0.3, -0.25) is 0 Å². The molecule has 2 bridgehead atoms. The first-order valence-electron chi connectivity index (χ1n) is 8.86. The van der Waals surface area contributed by atoms with Crippen LogP contribution in [-0.2, 0) is 4.74 Å². The fourth-order valence-corrected chi connectivity index (χ4v) is 4.42. The van der Waals surface area contributed by atoms with Gasteiger partial charge in [0.1, 0.15) is 17.8 Å². The molecule has 0 radical (unpaired) electrons.